The molecule has 14 nitrogen and oxygen atoms in total. The Balaban J connectivity index is 1.14. The summed E-state index contributed by atoms with van der Waals surface area (Å²) in [6.45, 7) is 1.15. The highest BCUT2D eigenvalue weighted by molar-refractivity contribution is 6.27. The normalized spacial score (nSPS) is 18.2. The number of hydrogen-bond acceptors (Lipinski definition) is 12. The summed E-state index contributed by atoms with van der Waals surface area (Å²) in [5, 5.41) is 0. The van der Waals surface area contributed by atoms with Gasteiger partial charge in [-0.15, -0.1) is 0 Å². The molecule has 2 aliphatic heterocycles. The van der Waals surface area contributed by atoms with Crippen LogP contribution in [0.5, 0.6) is 0 Å². The zero-order valence-corrected chi connectivity index (χ0v) is 35.3. The van der Waals surface area contributed by atoms with Crippen molar-refractivity contribution in [2.75, 3.05) is 27.8 Å². The standard InChI is InChI=1S/C52H41N7O7/c60-48(35-19-7-1-8-20-35)59(49(61)36-21-9-2-10-22-36)46-41-45(53-33-54-46)58(34-55-41)50-44(66-52(63)38-25-13-4-14-26-38)42(65-51(62)37-23-11-3-12-24-37)43(64-50)47-56(39-27-15-5-16-28-39)31-32-57(47)40-29-17-6-18-30-40/h1-30,33-34,42-44,47,50H,31-32H2/t42-,43+,44-,50-/m1/s1. The van der Waals surface area contributed by atoms with E-state index in [2.05, 4.69) is 19.8 Å². The lowest BCUT2D eigenvalue weighted by Gasteiger charge is -2.38. The molecular formula is C52H41N7O7. The van der Waals surface area contributed by atoms with Crippen molar-refractivity contribution in [2.24, 2.45) is 0 Å². The molecule has 2 amide bonds. The van der Waals surface area contributed by atoms with Crippen LogP contribution in [-0.2, 0) is 14.2 Å². The molecule has 0 aliphatic carbocycles. The van der Waals surface area contributed by atoms with E-state index in [0.717, 1.165) is 16.3 Å². The topological polar surface area (TPSA) is 149 Å². The first-order valence-corrected chi connectivity index (χ1v) is 21.4. The number of anilines is 3. The molecular weight excluding hydrogens is 835 g/mol. The van der Waals surface area contributed by atoms with Gasteiger partial charge in [0.05, 0.1) is 17.5 Å². The third kappa shape index (κ3) is 8.01. The molecule has 0 bridgehead atoms. The van der Waals surface area contributed by atoms with Crippen LogP contribution in [0.2, 0.25) is 0 Å². The quantitative estimate of drug-likeness (QED) is 0.0915. The third-order valence-corrected chi connectivity index (χ3v) is 11.7. The number of carbonyl (C=O) groups excluding carboxylic acids is 4. The maximum Gasteiger partial charge on any atom is 0.338 e. The summed E-state index contributed by atoms with van der Waals surface area (Å²) in [5.74, 6) is -2.69. The van der Waals surface area contributed by atoms with Crippen LogP contribution in [0.4, 0.5) is 17.2 Å². The van der Waals surface area contributed by atoms with E-state index in [1.807, 2.05) is 60.7 Å². The van der Waals surface area contributed by atoms with Gasteiger partial charge in [-0.25, -0.2) is 29.4 Å². The molecule has 10 rings (SSSR count). The molecule has 2 fully saturated rings. The predicted octanol–water partition coefficient (Wildman–Crippen LogP) is 8.02. The molecule has 0 unspecified atom stereocenters. The van der Waals surface area contributed by atoms with Crippen LogP contribution < -0.4 is 14.7 Å². The number of carbonyl (C=O) groups is 4. The van der Waals surface area contributed by atoms with Gasteiger partial charge in [-0.2, -0.15) is 0 Å². The second kappa shape index (κ2) is 18.3. The minimum atomic E-state index is -1.31. The van der Waals surface area contributed by atoms with Gasteiger partial charge in [-0.1, -0.05) is 109 Å². The van der Waals surface area contributed by atoms with E-state index in [-0.39, 0.29) is 39.2 Å². The molecule has 2 aromatic heterocycles. The Morgan fingerprint density at radius 2 is 0.939 bits per heavy atom. The van der Waals surface area contributed by atoms with Gasteiger partial charge in [0.2, 0.25) is 0 Å². The number of ether oxygens (including phenoxy) is 3. The van der Waals surface area contributed by atoms with Crippen molar-refractivity contribution in [1.82, 2.24) is 19.5 Å². The molecule has 0 spiro atoms. The lowest BCUT2D eigenvalue weighted by molar-refractivity contribution is -0.0509. The Hall–Kier alpha value is -8.49. The van der Waals surface area contributed by atoms with E-state index in [9.17, 15) is 19.2 Å². The number of amides is 2. The van der Waals surface area contributed by atoms with Gasteiger partial charge in [0.15, 0.2) is 35.4 Å². The molecule has 66 heavy (non-hydrogen) atoms. The smallest absolute Gasteiger partial charge is 0.338 e. The van der Waals surface area contributed by atoms with Crippen LogP contribution in [0.25, 0.3) is 11.2 Å². The SMILES string of the molecule is O=C(O[C@@H]1[C@H](OC(=O)c2ccccc2)[C@@H](C2N(c3ccccc3)CCN2c2ccccc2)O[C@H]1n1cnc2c(N(C(=O)c3ccccc3)C(=O)c3ccccc3)ncnc21)c1ccccc1. The number of imide groups is 1. The zero-order chi connectivity index (χ0) is 45.0. The van der Waals surface area contributed by atoms with Gasteiger partial charge >= 0.3 is 11.9 Å². The van der Waals surface area contributed by atoms with Crippen LogP contribution >= 0.6 is 0 Å². The molecule has 4 atom stereocenters. The van der Waals surface area contributed by atoms with Gasteiger partial charge in [0.25, 0.3) is 11.8 Å². The van der Waals surface area contributed by atoms with Crippen molar-refractivity contribution in [2.45, 2.75) is 30.7 Å². The monoisotopic (exact) mass is 875 g/mol. The minimum absolute atomic E-state index is 0.0813. The summed E-state index contributed by atoms with van der Waals surface area (Å²) < 4.78 is 21.8. The van der Waals surface area contributed by atoms with Gasteiger partial charge < -0.3 is 24.0 Å². The van der Waals surface area contributed by atoms with Gasteiger partial charge in [-0.05, 0) is 72.8 Å². The highest BCUT2D eigenvalue weighted by Crippen LogP contribution is 2.43. The number of esters is 2. The summed E-state index contributed by atoms with van der Waals surface area (Å²) in [5.41, 5.74) is 3.07. The highest BCUT2D eigenvalue weighted by atomic mass is 16.6. The van der Waals surface area contributed by atoms with Crippen LogP contribution in [-0.4, -0.2) is 80.8 Å². The van der Waals surface area contributed by atoms with Crippen LogP contribution in [0.15, 0.2) is 195 Å². The lowest BCUT2D eigenvalue weighted by Crippen LogP contribution is -2.54. The molecule has 14 heteroatoms. The minimum Gasteiger partial charge on any atom is -0.452 e. The largest absolute Gasteiger partial charge is 0.452 e. The Bertz CT molecular complexity index is 2880. The number of aromatic nitrogens is 4. The van der Waals surface area contributed by atoms with Crippen molar-refractivity contribution >= 4 is 52.1 Å². The van der Waals surface area contributed by atoms with E-state index in [0.29, 0.717) is 13.1 Å². The average molecular weight is 876 g/mol. The number of imidazole rings is 1. The number of rotatable bonds is 11. The third-order valence-electron chi connectivity index (χ3n) is 11.7. The van der Waals surface area contributed by atoms with E-state index in [4.69, 9.17) is 19.2 Å². The summed E-state index contributed by atoms with van der Waals surface area (Å²) >= 11 is 0. The number of benzene rings is 6. The lowest BCUT2D eigenvalue weighted by atomic mass is 10.0. The number of para-hydroxylation sites is 2. The molecule has 0 saturated carbocycles. The second-order valence-electron chi connectivity index (χ2n) is 15.6. The van der Waals surface area contributed by atoms with E-state index in [1.54, 1.807) is 126 Å². The molecule has 326 valence electrons. The Kier molecular flexibility index (Phi) is 11.5. The van der Waals surface area contributed by atoms with Crippen molar-refractivity contribution in [3.8, 4) is 0 Å². The fraction of sp³-hybridized carbons (Fsp3) is 0.135. The van der Waals surface area contributed by atoms with Crippen LogP contribution in [0.3, 0.4) is 0 Å². The predicted molar refractivity (Wildman–Crippen MR) is 246 cm³/mol. The highest BCUT2D eigenvalue weighted by Gasteiger charge is 2.57. The van der Waals surface area contributed by atoms with Crippen molar-refractivity contribution < 1.29 is 33.4 Å². The van der Waals surface area contributed by atoms with E-state index in [1.165, 1.54) is 12.7 Å². The molecule has 6 aromatic carbocycles. The van der Waals surface area contributed by atoms with Gasteiger partial charge in [-0.3, -0.25) is 14.2 Å². The number of nitrogens with zero attached hydrogens (tertiary/aromatic N) is 7. The molecule has 8 aromatic rings. The first-order valence-electron chi connectivity index (χ1n) is 21.4. The molecule has 4 heterocycles. The molecule has 0 N–H and O–H groups in total. The van der Waals surface area contributed by atoms with Gasteiger partial charge in [0.1, 0.15) is 18.6 Å². The first-order chi connectivity index (χ1) is 32.4. The summed E-state index contributed by atoms with van der Waals surface area (Å²) in [6.07, 6.45) is -2.72. The summed E-state index contributed by atoms with van der Waals surface area (Å²) in [7, 11) is 0. The van der Waals surface area contributed by atoms with Gasteiger partial charge in [0, 0.05) is 35.6 Å². The second-order valence-corrected chi connectivity index (χ2v) is 15.6. The Labute approximate surface area is 379 Å². The molecule has 2 aliphatic rings. The molecule has 2 saturated heterocycles. The first kappa shape index (κ1) is 41.5. The van der Waals surface area contributed by atoms with Crippen LogP contribution in [0, 0.1) is 0 Å². The van der Waals surface area contributed by atoms with Crippen molar-refractivity contribution in [1.29, 1.82) is 0 Å². The van der Waals surface area contributed by atoms with Crippen LogP contribution in [0.1, 0.15) is 47.7 Å². The Morgan fingerprint density at radius 3 is 1.41 bits per heavy atom. The fourth-order valence-corrected chi connectivity index (χ4v) is 8.62. The average Bonchev–Trinajstić information content (AvgIpc) is 4.11. The maximum absolute atomic E-state index is 14.4. The summed E-state index contributed by atoms with van der Waals surface area (Å²) in [4.78, 5) is 76.6. The zero-order valence-electron chi connectivity index (χ0n) is 35.3. The maximum atomic E-state index is 14.4. The van der Waals surface area contributed by atoms with E-state index < -0.39 is 54.5 Å². The fourth-order valence-electron chi connectivity index (χ4n) is 8.62. The Morgan fingerprint density at radius 1 is 0.515 bits per heavy atom. The number of hydrogen-bond donors (Lipinski definition) is 0. The van der Waals surface area contributed by atoms with Crippen molar-refractivity contribution in [3.05, 3.63) is 217 Å². The molecule has 0 radical (unpaired) electrons. The van der Waals surface area contributed by atoms with Crippen molar-refractivity contribution in [3.63, 3.8) is 0 Å². The van der Waals surface area contributed by atoms with E-state index >= 15 is 0 Å². The number of fused-ring (bicyclic) bond motifs is 1. The summed E-state index contributed by atoms with van der Waals surface area (Å²) in [6, 6.07) is 53.6.